The van der Waals surface area contributed by atoms with Crippen molar-refractivity contribution in [3.8, 4) is 0 Å². The van der Waals surface area contributed by atoms with Gasteiger partial charge in [-0.3, -0.25) is 4.72 Å². The molecule has 1 aromatic carbocycles. The van der Waals surface area contributed by atoms with Crippen LogP contribution in [0, 0.1) is 0 Å². The van der Waals surface area contributed by atoms with Crippen LogP contribution in [-0.4, -0.2) is 24.7 Å². The molecular weight excluding hydrogens is 272 g/mol. The number of carbonyl (C=O) groups is 1. The maximum absolute atomic E-state index is 11.8. The maximum Gasteiger partial charge on any atom is 0.335 e. The van der Waals surface area contributed by atoms with Gasteiger partial charge in [-0.1, -0.05) is 17.3 Å². The van der Waals surface area contributed by atoms with Gasteiger partial charge in [-0.2, -0.15) is 0 Å². The first-order chi connectivity index (χ1) is 8.96. The molecule has 1 aromatic heterocycles. The molecule has 0 amide bonds. The van der Waals surface area contributed by atoms with E-state index in [1.807, 2.05) is 0 Å². The van der Waals surface area contributed by atoms with Gasteiger partial charge >= 0.3 is 5.97 Å². The lowest BCUT2D eigenvalue weighted by Crippen LogP contribution is -2.15. The van der Waals surface area contributed by atoms with Crippen molar-refractivity contribution in [3.05, 3.63) is 47.7 Å². The van der Waals surface area contributed by atoms with Gasteiger partial charge in [0.15, 0.2) is 5.82 Å². The molecule has 100 valence electrons. The van der Waals surface area contributed by atoms with Crippen molar-refractivity contribution < 1.29 is 22.8 Å². The molecule has 2 N–H and O–H groups in total. The van der Waals surface area contributed by atoms with Crippen LogP contribution in [0.1, 0.15) is 15.9 Å². The summed E-state index contributed by atoms with van der Waals surface area (Å²) >= 11 is 0. The Labute approximate surface area is 108 Å². The molecule has 19 heavy (non-hydrogen) atoms. The number of aromatic carboxylic acids is 1. The second-order valence-electron chi connectivity index (χ2n) is 3.75. The summed E-state index contributed by atoms with van der Waals surface area (Å²) in [4.78, 5) is 10.7. The van der Waals surface area contributed by atoms with Crippen LogP contribution < -0.4 is 4.72 Å². The van der Waals surface area contributed by atoms with E-state index in [9.17, 15) is 13.2 Å². The quantitative estimate of drug-likeness (QED) is 0.855. The van der Waals surface area contributed by atoms with Crippen LogP contribution in [0.3, 0.4) is 0 Å². The number of carboxylic acids is 1. The third kappa shape index (κ3) is 3.55. The van der Waals surface area contributed by atoms with Crippen molar-refractivity contribution in [1.82, 2.24) is 5.16 Å². The fraction of sp³-hybridized carbons (Fsp3) is 0.0909. The first-order valence-electron chi connectivity index (χ1n) is 5.19. The molecule has 0 aliphatic rings. The molecular formula is C11H10N2O5S. The Morgan fingerprint density at radius 3 is 2.47 bits per heavy atom. The highest BCUT2D eigenvalue weighted by molar-refractivity contribution is 7.91. The number of hydrogen-bond acceptors (Lipinski definition) is 5. The molecule has 0 saturated heterocycles. The van der Waals surface area contributed by atoms with Crippen molar-refractivity contribution in [1.29, 1.82) is 0 Å². The zero-order valence-corrected chi connectivity index (χ0v) is 10.4. The molecule has 0 spiro atoms. The van der Waals surface area contributed by atoms with E-state index in [0.717, 1.165) is 0 Å². The second kappa shape index (κ2) is 5.11. The highest BCUT2D eigenvalue weighted by Crippen LogP contribution is 2.11. The van der Waals surface area contributed by atoms with Crippen LogP contribution in [0.15, 0.2) is 41.1 Å². The predicted octanol–water partition coefficient (Wildman–Crippen LogP) is 1.31. The Bertz CT molecular complexity index is 662. The summed E-state index contributed by atoms with van der Waals surface area (Å²) in [5.41, 5.74) is 0.576. The van der Waals surface area contributed by atoms with E-state index in [0.29, 0.717) is 5.56 Å². The third-order valence-corrected chi connectivity index (χ3v) is 3.49. The van der Waals surface area contributed by atoms with E-state index < -0.39 is 16.0 Å². The van der Waals surface area contributed by atoms with Gasteiger partial charge in [-0.25, -0.2) is 13.2 Å². The molecule has 7 nitrogen and oxygen atoms in total. The predicted molar refractivity (Wildman–Crippen MR) is 66.2 cm³/mol. The number of carboxylic acid groups (broad SMARTS) is 1. The Morgan fingerprint density at radius 1 is 1.26 bits per heavy atom. The Morgan fingerprint density at radius 2 is 1.95 bits per heavy atom. The molecule has 0 saturated carbocycles. The number of nitrogens with zero attached hydrogens (tertiary/aromatic N) is 1. The monoisotopic (exact) mass is 282 g/mol. The largest absolute Gasteiger partial charge is 0.478 e. The van der Waals surface area contributed by atoms with E-state index in [-0.39, 0.29) is 17.1 Å². The fourth-order valence-corrected chi connectivity index (χ4v) is 2.55. The summed E-state index contributed by atoms with van der Waals surface area (Å²) in [6, 6.07) is 6.98. The van der Waals surface area contributed by atoms with E-state index in [1.54, 1.807) is 0 Å². The van der Waals surface area contributed by atoms with Crippen LogP contribution in [0.4, 0.5) is 5.82 Å². The maximum atomic E-state index is 11.8. The Hall–Kier alpha value is -2.35. The lowest BCUT2D eigenvalue weighted by Gasteiger charge is -2.05. The molecule has 0 fully saturated rings. The molecule has 0 bridgehead atoms. The molecule has 0 aliphatic heterocycles. The topological polar surface area (TPSA) is 110 Å². The first-order valence-corrected chi connectivity index (χ1v) is 6.84. The average Bonchev–Trinajstić information content (AvgIpc) is 2.81. The average molecular weight is 282 g/mol. The van der Waals surface area contributed by atoms with Gasteiger partial charge in [-0.05, 0) is 17.7 Å². The smallest absolute Gasteiger partial charge is 0.335 e. The normalized spacial score (nSPS) is 11.2. The zero-order valence-electron chi connectivity index (χ0n) is 9.61. The zero-order chi connectivity index (χ0) is 13.9. The third-order valence-electron chi connectivity index (χ3n) is 2.26. The summed E-state index contributed by atoms with van der Waals surface area (Å²) in [7, 11) is -3.61. The number of hydrogen-bond donors (Lipinski definition) is 2. The number of sulfonamides is 1. The first kappa shape index (κ1) is 13.1. The van der Waals surface area contributed by atoms with E-state index in [2.05, 4.69) is 14.4 Å². The van der Waals surface area contributed by atoms with E-state index in [1.165, 1.54) is 36.6 Å². The summed E-state index contributed by atoms with van der Waals surface area (Å²) < 4.78 is 30.3. The van der Waals surface area contributed by atoms with Gasteiger partial charge in [0.25, 0.3) is 0 Å². The van der Waals surface area contributed by atoms with Crippen molar-refractivity contribution >= 4 is 21.8 Å². The number of aromatic nitrogens is 1. The molecule has 2 aromatic rings. The summed E-state index contributed by atoms with van der Waals surface area (Å²) in [5.74, 6) is -1.24. The number of anilines is 1. The summed E-state index contributed by atoms with van der Waals surface area (Å²) in [6.45, 7) is 0. The highest BCUT2D eigenvalue weighted by Gasteiger charge is 2.13. The van der Waals surface area contributed by atoms with Crippen LogP contribution in [0.25, 0.3) is 0 Å². The summed E-state index contributed by atoms with van der Waals surface area (Å²) in [6.07, 6.45) is 1.25. The highest BCUT2D eigenvalue weighted by atomic mass is 32.2. The Balaban J connectivity index is 2.09. The number of nitrogens with one attached hydrogen (secondary N) is 1. The van der Waals surface area contributed by atoms with Gasteiger partial charge < -0.3 is 9.63 Å². The second-order valence-corrected chi connectivity index (χ2v) is 5.47. The minimum Gasteiger partial charge on any atom is -0.478 e. The number of benzene rings is 1. The molecule has 0 aliphatic carbocycles. The standard InChI is InChI=1S/C11H10N2O5S/c14-11(15)9-3-1-8(2-4-9)7-19(16,17)13-10-5-6-18-12-10/h1-6H,7H2,(H,12,13)(H,14,15). The lowest BCUT2D eigenvalue weighted by atomic mass is 10.1. The molecule has 0 unspecified atom stereocenters. The minimum absolute atomic E-state index is 0.0992. The van der Waals surface area contributed by atoms with Crippen molar-refractivity contribution in [2.75, 3.05) is 4.72 Å². The van der Waals surface area contributed by atoms with Crippen LogP contribution in [-0.2, 0) is 15.8 Å². The molecule has 1 heterocycles. The van der Waals surface area contributed by atoms with Crippen LogP contribution >= 0.6 is 0 Å². The minimum atomic E-state index is -3.61. The van der Waals surface area contributed by atoms with E-state index >= 15 is 0 Å². The van der Waals surface area contributed by atoms with Gasteiger partial charge in [-0.15, -0.1) is 0 Å². The van der Waals surface area contributed by atoms with Crippen molar-refractivity contribution in [3.63, 3.8) is 0 Å². The van der Waals surface area contributed by atoms with Crippen molar-refractivity contribution in [2.24, 2.45) is 0 Å². The lowest BCUT2D eigenvalue weighted by molar-refractivity contribution is 0.0697. The van der Waals surface area contributed by atoms with Gasteiger partial charge in [0.1, 0.15) is 6.26 Å². The fourth-order valence-electron chi connectivity index (χ4n) is 1.42. The van der Waals surface area contributed by atoms with Gasteiger partial charge in [0.2, 0.25) is 10.0 Å². The van der Waals surface area contributed by atoms with Crippen LogP contribution in [0.5, 0.6) is 0 Å². The molecule has 8 heteroatoms. The molecule has 0 atom stereocenters. The van der Waals surface area contributed by atoms with Gasteiger partial charge in [0.05, 0.1) is 11.3 Å². The Kier molecular flexibility index (Phi) is 3.52. The molecule has 0 radical (unpaired) electrons. The molecule has 2 rings (SSSR count). The van der Waals surface area contributed by atoms with Crippen LogP contribution in [0.2, 0.25) is 0 Å². The number of rotatable bonds is 5. The SMILES string of the molecule is O=C(O)c1ccc(CS(=O)(=O)Nc2ccon2)cc1. The van der Waals surface area contributed by atoms with E-state index in [4.69, 9.17) is 5.11 Å². The van der Waals surface area contributed by atoms with Gasteiger partial charge in [0, 0.05) is 6.07 Å². The summed E-state index contributed by atoms with van der Waals surface area (Å²) in [5, 5.41) is 12.2. The van der Waals surface area contributed by atoms with Crippen molar-refractivity contribution in [2.45, 2.75) is 5.75 Å².